The first kappa shape index (κ1) is 11.4. The lowest BCUT2D eigenvalue weighted by Crippen LogP contribution is -2.23. The number of hydrogen-bond donors (Lipinski definition) is 0. The van der Waals surface area contributed by atoms with Crippen molar-refractivity contribution in [2.75, 3.05) is 6.54 Å². The maximum absolute atomic E-state index is 11.5. The predicted molar refractivity (Wildman–Crippen MR) is 62.0 cm³/mol. The average molecular weight is 201 g/mol. The van der Waals surface area contributed by atoms with Crippen molar-refractivity contribution in [3.05, 3.63) is 23.4 Å². The molecule has 0 fully saturated rings. The molecule has 1 rings (SSSR count). The van der Waals surface area contributed by atoms with Gasteiger partial charge in [0.2, 0.25) is 7.98 Å². The smallest absolute Gasteiger partial charge is 0.260 e. The zero-order chi connectivity index (χ0) is 11.3. The van der Waals surface area contributed by atoms with E-state index in [1.807, 2.05) is 19.1 Å². The molecule has 0 N–H and O–H groups in total. The Morgan fingerprint density at radius 1 is 1.47 bits per heavy atom. The zero-order valence-corrected chi connectivity index (χ0v) is 8.84. The van der Waals surface area contributed by atoms with Gasteiger partial charge < -0.3 is 4.81 Å². The third-order valence-corrected chi connectivity index (χ3v) is 1.88. The first-order chi connectivity index (χ1) is 7.20. The Bertz CT molecular complexity index is 369. The molecular formula is C10H12BN3O. The van der Waals surface area contributed by atoms with Gasteiger partial charge in [0.15, 0.2) is 0 Å². The van der Waals surface area contributed by atoms with Crippen LogP contribution in [0.1, 0.15) is 13.8 Å². The van der Waals surface area contributed by atoms with Crippen molar-refractivity contribution >= 4 is 26.4 Å². The van der Waals surface area contributed by atoms with Crippen LogP contribution in [0.4, 0.5) is 0 Å². The van der Waals surface area contributed by atoms with Crippen LogP contribution >= 0.6 is 0 Å². The maximum atomic E-state index is 11.5. The van der Waals surface area contributed by atoms with Crippen molar-refractivity contribution in [3.63, 3.8) is 0 Å². The Morgan fingerprint density at radius 3 is 2.80 bits per heavy atom. The van der Waals surface area contributed by atoms with Gasteiger partial charge in [0.05, 0.1) is 0 Å². The number of aliphatic imine (C=N–C) groups is 2. The number of amides is 1. The van der Waals surface area contributed by atoms with Crippen molar-refractivity contribution in [2.24, 2.45) is 9.98 Å². The molecule has 0 saturated heterocycles. The van der Waals surface area contributed by atoms with Crippen LogP contribution in [-0.4, -0.2) is 37.8 Å². The Hall–Kier alpha value is -1.65. The summed E-state index contributed by atoms with van der Waals surface area (Å²) < 4.78 is 0. The molecule has 4 nitrogen and oxygen atoms in total. The van der Waals surface area contributed by atoms with Crippen LogP contribution in [-0.2, 0) is 4.79 Å². The third-order valence-electron chi connectivity index (χ3n) is 1.88. The van der Waals surface area contributed by atoms with E-state index in [1.54, 1.807) is 13.1 Å². The minimum atomic E-state index is -0.273. The van der Waals surface area contributed by atoms with E-state index >= 15 is 0 Å². The minimum Gasteiger partial charge on any atom is -0.387 e. The summed E-state index contributed by atoms with van der Waals surface area (Å²) in [5.41, 5.74) is 1.17. The molecule has 1 heterocycles. The van der Waals surface area contributed by atoms with Crippen molar-refractivity contribution in [3.8, 4) is 0 Å². The molecular weight excluding hydrogens is 189 g/mol. The van der Waals surface area contributed by atoms with Gasteiger partial charge in [-0.05, 0) is 13.8 Å². The van der Waals surface area contributed by atoms with Gasteiger partial charge in [-0.3, -0.25) is 4.79 Å². The summed E-state index contributed by atoms with van der Waals surface area (Å²) >= 11 is 0. The monoisotopic (exact) mass is 201 g/mol. The molecule has 0 bridgehead atoms. The summed E-state index contributed by atoms with van der Waals surface area (Å²) in [5.74, 6) is -0.273. The van der Waals surface area contributed by atoms with Crippen molar-refractivity contribution in [2.45, 2.75) is 13.8 Å². The fourth-order valence-electron chi connectivity index (χ4n) is 1.23. The van der Waals surface area contributed by atoms with Gasteiger partial charge in [-0.25, -0.2) is 9.98 Å². The fourth-order valence-corrected chi connectivity index (χ4v) is 1.23. The number of nitrogens with zero attached hydrogens (tertiary/aromatic N) is 3. The third kappa shape index (κ3) is 2.65. The molecule has 0 unspecified atom stereocenters. The van der Waals surface area contributed by atoms with Crippen LogP contribution in [0, 0.1) is 0 Å². The maximum Gasteiger partial charge on any atom is 0.260 e. The molecule has 15 heavy (non-hydrogen) atoms. The summed E-state index contributed by atoms with van der Waals surface area (Å²) in [6.07, 6.45) is 6.61. The molecule has 1 aliphatic heterocycles. The summed E-state index contributed by atoms with van der Waals surface area (Å²) in [4.78, 5) is 20.4. The van der Waals surface area contributed by atoms with E-state index in [1.165, 1.54) is 6.34 Å². The van der Waals surface area contributed by atoms with E-state index in [2.05, 4.69) is 9.98 Å². The molecule has 76 valence electrons. The summed E-state index contributed by atoms with van der Waals surface area (Å²) in [6, 6.07) is 0. The lowest BCUT2D eigenvalue weighted by atomic mass is 10.2. The Labute approximate surface area is 90.5 Å². The Balaban J connectivity index is 2.96. The van der Waals surface area contributed by atoms with E-state index < -0.39 is 0 Å². The van der Waals surface area contributed by atoms with Crippen LogP contribution < -0.4 is 0 Å². The number of hydrogen-bond acceptors (Lipinski definition) is 2. The first-order valence-corrected chi connectivity index (χ1v) is 4.63. The van der Waals surface area contributed by atoms with Crippen molar-refractivity contribution < 1.29 is 4.79 Å². The van der Waals surface area contributed by atoms with Crippen LogP contribution in [0.5, 0.6) is 0 Å². The fraction of sp³-hybridized carbons (Fsp3) is 0.300. The summed E-state index contributed by atoms with van der Waals surface area (Å²) in [7, 11) is 5.49. The van der Waals surface area contributed by atoms with Gasteiger partial charge in [-0.1, -0.05) is 12.2 Å². The molecule has 0 atom stereocenters. The van der Waals surface area contributed by atoms with Gasteiger partial charge in [-0.2, -0.15) is 0 Å². The van der Waals surface area contributed by atoms with E-state index in [9.17, 15) is 4.79 Å². The highest BCUT2D eigenvalue weighted by atomic mass is 16.2. The summed E-state index contributed by atoms with van der Waals surface area (Å²) in [5, 5.41) is 0. The highest BCUT2D eigenvalue weighted by Crippen LogP contribution is 2.19. The molecule has 0 saturated carbocycles. The van der Waals surface area contributed by atoms with E-state index in [0.717, 1.165) is 10.4 Å². The zero-order valence-electron chi connectivity index (χ0n) is 8.84. The number of rotatable bonds is 3. The van der Waals surface area contributed by atoms with Crippen LogP contribution in [0.15, 0.2) is 33.4 Å². The van der Waals surface area contributed by atoms with E-state index in [4.69, 9.17) is 7.98 Å². The minimum absolute atomic E-state index is 0.273. The second kappa shape index (κ2) is 5.29. The van der Waals surface area contributed by atoms with Gasteiger partial charge in [0, 0.05) is 18.3 Å². The molecule has 1 aliphatic rings. The lowest BCUT2D eigenvalue weighted by molar-refractivity contribution is -0.121. The van der Waals surface area contributed by atoms with Crippen molar-refractivity contribution in [1.82, 2.24) is 4.81 Å². The number of allylic oxidation sites excluding steroid dienone is 1. The van der Waals surface area contributed by atoms with Crippen LogP contribution in [0.25, 0.3) is 0 Å². The SMILES string of the molecule is [B]N1CC(/C=C/C)=C(N=CN=CC)C1=O. The van der Waals surface area contributed by atoms with E-state index in [-0.39, 0.29) is 5.91 Å². The van der Waals surface area contributed by atoms with Gasteiger partial charge in [0.25, 0.3) is 5.91 Å². The summed E-state index contributed by atoms with van der Waals surface area (Å²) in [6.45, 7) is 4.05. The number of carbonyl (C=O) groups excluding carboxylic acids is 1. The van der Waals surface area contributed by atoms with E-state index in [0.29, 0.717) is 12.2 Å². The molecule has 0 aliphatic carbocycles. The van der Waals surface area contributed by atoms with Gasteiger partial charge >= 0.3 is 0 Å². The Morgan fingerprint density at radius 2 is 2.20 bits per heavy atom. The largest absolute Gasteiger partial charge is 0.387 e. The predicted octanol–water partition coefficient (Wildman–Crippen LogP) is 0.861. The lowest BCUT2D eigenvalue weighted by Gasteiger charge is -2.06. The molecule has 0 aromatic carbocycles. The van der Waals surface area contributed by atoms with Crippen molar-refractivity contribution in [1.29, 1.82) is 0 Å². The quantitative estimate of drug-likeness (QED) is 0.379. The molecule has 0 spiro atoms. The molecule has 0 aromatic heterocycles. The number of carbonyl (C=O) groups is 1. The molecule has 2 radical (unpaired) electrons. The van der Waals surface area contributed by atoms with Crippen LogP contribution in [0.3, 0.4) is 0 Å². The average Bonchev–Trinajstić information content (AvgIpc) is 2.47. The highest BCUT2D eigenvalue weighted by molar-refractivity contribution is 6.20. The highest BCUT2D eigenvalue weighted by Gasteiger charge is 2.24. The van der Waals surface area contributed by atoms with Gasteiger partial charge in [-0.15, -0.1) is 0 Å². The molecule has 5 heteroatoms. The standard InChI is InChI=1S/C10H12BN3O/c1-3-5-8-6-14(11)10(15)9(8)13-7-12-4-2/h3-5,7H,6H2,1-2H3/b5-3+,12-4?,13-7?. The topological polar surface area (TPSA) is 45.0 Å². The normalized spacial score (nSPS) is 18.3. The Kier molecular flexibility index (Phi) is 4.03. The van der Waals surface area contributed by atoms with Gasteiger partial charge in [0.1, 0.15) is 12.0 Å². The van der Waals surface area contributed by atoms with Crippen LogP contribution in [0.2, 0.25) is 0 Å². The molecule has 1 amide bonds. The first-order valence-electron chi connectivity index (χ1n) is 4.63. The second-order valence-electron chi connectivity index (χ2n) is 2.96. The second-order valence-corrected chi connectivity index (χ2v) is 2.96. The molecule has 0 aromatic rings.